The molecule has 8 heteroatoms. The van der Waals surface area contributed by atoms with Crippen LogP contribution in [0.2, 0.25) is 0 Å². The molecule has 0 radical (unpaired) electrons. The fourth-order valence-electron chi connectivity index (χ4n) is 3.40. The summed E-state index contributed by atoms with van der Waals surface area (Å²) in [4.78, 5) is 41.8. The molecule has 0 spiro atoms. The zero-order valence-corrected chi connectivity index (χ0v) is 13.1. The molecule has 1 N–H and O–H groups in total. The van der Waals surface area contributed by atoms with Crippen molar-refractivity contribution in [3.63, 3.8) is 0 Å². The number of aromatic amines is 1. The lowest BCUT2D eigenvalue weighted by molar-refractivity contribution is -0.130. The highest BCUT2D eigenvalue weighted by atomic mass is 19.1. The Hall–Kier alpha value is -2.12. The third-order valence-corrected chi connectivity index (χ3v) is 4.83. The fourth-order valence-corrected chi connectivity index (χ4v) is 3.40. The van der Waals surface area contributed by atoms with Crippen LogP contribution in [0.25, 0.3) is 0 Å². The maximum atomic E-state index is 12.8. The molecule has 2 saturated heterocycles. The number of halogens is 1. The first-order valence-electron chi connectivity index (χ1n) is 7.90. The van der Waals surface area contributed by atoms with Gasteiger partial charge < -0.3 is 9.80 Å². The molecule has 23 heavy (non-hydrogen) atoms. The number of hydrogen-bond donors (Lipinski definition) is 1. The van der Waals surface area contributed by atoms with Gasteiger partial charge in [-0.05, 0) is 12.8 Å². The van der Waals surface area contributed by atoms with Crippen molar-refractivity contribution in [2.24, 2.45) is 13.0 Å². The van der Waals surface area contributed by atoms with Gasteiger partial charge in [-0.3, -0.25) is 23.5 Å². The Morgan fingerprint density at radius 2 is 1.96 bits per heavy atom. The van der Waals surface area contributed by atoms with E-state index in [2.05, 4.69) is 4.98 Å². The third kappa shape index (κ3) is 3.02. The average molecular weight is 324 g/mol. The minimum absolute atomic E-state index is 0.0353. The summed E-state index contributed by atoms with van der Waals surface area (Å²) in [6.07, 6.45) is 1.81. The predicted molar refractivity (Wildman–Crippen MR) is 83.3 cm³/mol. The molecule has 2 aliphatic heterocycles. The topological polar surface area (TPSA) is 78.4 Å². The first-order valence-corrected chi connectivity index (χ1v) is 7.90. The predicted octanol–water partition coefficient (Wildman–Crippen LogP) is -0.140. The molecule has 1 unspecified atom stereocenters. The number of aromatic nitrogens is 2. The first kappa shape index (κ1) is 15.8. The number of hydrogen-bond acceptors (Lipinski definition) is 4. The van der Waals surface area contributed by atoms with E-state index in [-0.39, 0.29) is 23.4 Å². The number of H-pyrrole nitrogens is 1. The lowest BCUT2D eigenvalue weighted by atomic mass is 10.0. The third-order valence-electron chi connectivity index (χ3n) is 4.83. The Labute approximate surface area is 132 Å². The summed E-state index contributed by atoms with van der Waals surface area (Å²) in [7, 11) is 1.43. The molecule has 0 saturated carbocycles. The van der Waals surface area contributed by atoms with E-state index in [9.17, 15) is 18.8 Å². The SMILES string of the molecule is Cn1c(=O)cc(N2CCC(N3CC(CF)CC3=O)CC2)[nH]c1=O. The number of piperidine rings is 1. The lowest BCUT2D eigenvalue weighted by Crippen LogP contribution is -2.46. The second-order valence-corrected chi connectivity index (χ2v) is 6.35. The molecule has 1 aromatic rings. The Morgan fingerprint density at radius 3 is 2.52 bits per heavy atom. The van der Waals surface area contributed by atoms with E-state index >= 15 is 0 Å². The monoisotopic (exact) mass is 324 g/mol. The van der Waals surface area contributed by atoms with Gasteiger partial charge >= 0.3 is 5.69 Å². The average Bonchev–Trinajstić information content (AvgIpc) is 2.93. The summed E-state index contributed by atoms with van der Waals surface area (Å²) >= 11 is 0. The van der Waals surface area contributed by atoms with Crippen LogP contribution >= 0.6 is 0 Å². The number of rotatable bonds is 3. The van der Waals surface area contributed by atoms with Gasteiger partial charge in [-0.2, -0.15) is 0 Å². The molecule has 3 rings (SSSR count). The summed E-state index contributed by atoms with van der Waals surface area (Å²) in [5.41, 5.74) is -0.776. The van der Waals surface area contributed by atoms with Gasteiger partial charge in [-0.1, -0.05) is 0 Å². The van der Waals surface area contributed by atoms with E-state index in [1.165, 1.54) is 13.1 Å². The van der Waals surface area contributed by atoms with Crippen molar-refractivity contribution in [3.05, 3.63) is 26.9 Å². The molecular formula is C15H21FN4O3. The highest BCUT2D eigenvalue weighted by Gasteiger charge is 2.35. The summed E-state index contributed by atoms with van der Waals surface area (Å²) in [5.74, 6) is 0.382. The number of nitrogens with one attached hydrogen (secondary N) is 1. The summed E-state index contributed by atoms with van der Waals surface area (Å²) < 4.78 is 13.8. The van der Waals surface area contributed by atoms with Gasteiger partial charge in [-0.25, -0.2) is 4.79 Å². The number of likely N-dealkylation sites (tertiary alicyclic amines) is 1. The number of nitrogens with zero attached hydrogens (tertiary/aromatic N) is 3. The number of carbonyl (C=O) groups excluding carboxylic acids is 1. The second kappa shape index (κ2) is 6.17. The molecule has 7 nitrogen and oxygen atoms in total. The highest BCUT2D eigenvalue weighted by molar-refractivity contribution is 5.79. The number of carbonyl (C=O) groups is 1. The Balaban J connectivity index is 1.66. The minimum Gasteiger partial charge on any atom is -0.358 e. The zero-order valence-electron chi connectivity index (χ0n) is 13.1. The highest BCUT2D eigenvalue weighted by Crippen LogP contribution is 2.26. The van der Waals surface area contributed by atoms with E-state index < -0.39 is 12.4 Å². The van der Waals surface area contributed by atoms with E-state index in [1.54, 1.807) is 4.90 Å². The summed E-state index contributed by atoms with van der Waals surface area (Å²) in [6, 6.07) is 1.54. The van der Waals surface area contributed by atoms with Gasteiger partial charge in [-0.15, -0.1) is 0 Å². The molecule has 2 fully saturated rings. The van der Waals surface area contributed by atoms with Crippen molar-refractivity contribution in [2.75, 3.05) is 31.2 Å². The van der Waals surface area contributed by atoms with Crippen LogP contribution in [0.4, 0.5) is 10.2 Å². The van der Waals surface area contributed by atoms with E-state index in [4.69, 9.17) is 0 Å². The quantitative estimate of drug-likeness (QED) is 0.839. The van der Waals surface area contributed by atoms with Crippen molar-refractivity contribution in [3.8, 4) is 0 Å². The maximum absolute atomic E-state index is 12.8. The molecule has 126 valence electrons. The van der Waals surface area contributed by atoms with E-state index in [1.807, 2.05) is 4.90 Å². The van der Waals surface area contributed by atoms with Crippen LogP contribution in [0.3, 0.4) is 0 Å². The van der Waals surface area contributed by atoms with E-state index in [0.29, 0.717) is 31.9 Å². The molecule has 2 aliphatic rings. The van der Waals surface area contributed by atoms with Crippen molar-refractivity contribution in [1.29, 1.82) is 0 Å². The molecule has 0 bridgehead atoms. The number of anilines is 1. The lowest BCUT2D eigenvalue weighted by Gasteiger charge is -2.37. The smallest absolute Gasteiger partial charge is 0.329 e. The zero-order chi connectivity index (χ0) is 16.6. The largest absolute Gasteiger partial charge is 0.358 e. The van der Waals surface area contributed by atoms with Crippen molar-refractivity contribution in [2.45, 2.75) is 25.3 Å². The van der Waals surface area contributed by atoms with Crippen molar-refractivity contribution < 1.29 is 9.18 Å². The normalized spacial score (nSPS) is 22.9. The van der Waals surface area contributed by atoms with Gasteiger partial charge in [0.15, 0.2) is 0 Å². The first-order chi connectivity index (χ1) is 11.0. The standard InChI is InChI=1S/C15H21FN4O3/c1-18-13(21)7-12(17-15(18)23)19-4-2-11(3-5-19)20-9-10(8-16)6-14(20)22/h7,10-11H,2-6,8-9H2,1H3,(H,17,23). The van der Waals surface area contributed by atoms with Crippen LogP contribution in [0, 0.1) is 5.92 Å². The minimum atomic E-state index is -0.449. The van der Waals surface area contributed by atoms with Crippen LogP contribution in [-0.4, -0.2) is 52.7 Å². The van der Waals surface area contributed by atoms with Crippen LogP contribution in [-0.2, 0) is 11.8 Å². The fraction of sp³-hybridized carbons (Fsp3) is 0.667. The van der Waals surface area contributed by atoms with Crippen LogP contribution in [0.5, 0.6) is 0 Å². The second-order valence-electron chi connectivity index (χ2n) is 6.35. The van der Waals surface area contributed by atoms with Gasteiger partial charge in [0.2, 0.25) is 5.91 Å². The molecule has 1 atom stereocenters. The molecule has 1 amide bonds. The van der Waals surface area contributed by atoms with Crippen LogP contribution < -0.4 is 16.1 Å². The molecular weight excluding hydrogens is 303 g/mol. The van der Waals surface area contributed by atoms with Crippen LogP contribution in [0.1, 0.15) is 19.3 Å². The van der Waals surface area contributed by atoms with E-state index in [0.717, 1.165) is 17.4 Å². The summed E-state index contributed by atoms with van der Waals surface area (Å²) in [6.45, 7) is 1.36. The summed E-state index contributed by atoms with van der Waals surface area (Å²) in [5, 5.41) is 0. The van der Waals surface area contributed by atoms with Gasteiger partial charge in [0.25, 0.3) is 5.56 Å². The van der Waals surface area contributed by atoms with Gasteiger partial charge in [0.1, 0.15) is 5.82 Å². The molecule has 0 aliphatic carbocycles. The molecule has 1 aromatic heterocycles. The van der Waals surface area contributed by atoms with Crippen LogP contribution in [0.15, 0.2) is 15.7 Å². The maximum Gasteiger partial charge on any atom is 0.329 e. The number of alkyl halides is 1. The molecule has 0 aromatic carbocycles. The van der Waals surface area contributed by atoms with Crippen molar-refractivity contribution in [1.82, 2.24) is 14.5 Å². The van der Waals surface area contributed by atoms with Crippen molar-refractivity contribution >= 4 is 11.7 Å². The van der Waals surface area contributed by atoms with Gasteiger partial charge in [0.05, 0.1) is 6.67 Å². The Bertz CT molecular complexity index is 674. The Morgan fingerprint density at radius 1 is 1.26 bits per heavy atom. The number of amides is 1. The molecule has 3 heterocycles. The Kier molecular flexibility index (Phi) is 4.23. The van der Waals surface area contributed by atoms with Gasteiger partial charge in [0, 0.05) is 51.1 Å².